The fourth-order valence-corrected chi connectivity index (χ4v) is 3.59. The maximum absolute atomic E-state index is 13.0. The van der Waals surface area contributed by atoms with Crippen molar-refractivity contribution in [3.05, 3.63) is 52.0 Å². The number of amides is 1. The maximum atomic E-state index is 13.0. The molecule has 0 saturated heterocycles. The molecule has 0 aliphatic carbocycles. The number of benzene rings is 1. The van der Waals surface area contributed by atoms with Crippen molar-refractivity contribution in [2.45, 2.75) is 33.8 Å². The predicted octanol–water partition coefficient (Wildman–Crippen LogP) is 4.43. The van der Waals surface area contributed by atoms with Gasteiger partial charge in [0.15, 0.2) is 6.10 Å². The third-order valence-electron chi connectivity index (χ3n) is 4.04. The van der Waals surface area contributed by atoms with E-state index < -0.39 is 12.1 Å². The highest BCUT2D eigenvalue weighted by Gasteiger charge is 2.25. The molecule has 0 radical (unpaired) electrons. The fraction of sp³-hybridized carbons (Fsp3) is 0.263. The summed E-state index contributed by atoms with van der Waals surface area (Å²) in [6.45, 7) is 6.63. The average molecular weight is 403 g/mol. The Morgan fingerprint density at radius 2 is 1.89 bits per heavy atom. The van der Waals surface area contributed by atoms with Crippen LogP contribution >= 0.6 is 11.3 Å². The van der Waals surface area contributed by atoms with E-state index in [-0.39, 0.29) is 23.5 Å². The summed E-state index contributed by atoms with van der Waals surface area (Å²) >= 11 is 1.31. The van der Waals surface area contributed by atoms with Gasteiger partial charge in [-0.25, -0.2) is 9.18 Å². The van der Waals surface area contributed by atoms with Gasteiger partial charge in [0.05, 0.1) is 5.56 Å². The first-order valence-electron chi connectivity index (χ1n) is 8.44. The molecule has 1 aromatic carbocycles. The van der Waals surface area contributed by atoms with Gasteiger partial charge in [-0.2, -0.15) is 0 Å². The van der Waals surface area contributed by atoms with E-state index in [1.54, 1.807) is 13.8 Å². The first kappa shape index (κ1) is 19.7. The predicted molar refractivity (Wildman–Crippen MR) is 102 cm³/mol. The van der Waals surface area contributed by atoms with Crippen LogP contribution in [0, 0.1) is 19.7 Å². The van der Waals surface area contributed by atoms with E-state index in [0.29, 0.717) is 16.1 Å². The molecule has 0 bridgehead atoms. The minimum atomic E-state index is -0.806. The number of hydrogen-bond acceptors (Lipinski definition) is 7. The second-order valence-corrected chi connectivity index (χ2v) is 7.39. The number of carbonyl (C=O) groups is 2. The lowest BCUT2D eigenvalue weighted by atomic mass is 10.1. The minimum absolute atomic E-state index is 0.110. The number of aromatic nitrogens is 2. The van der Waals surface area contributed by atoms with Crippen LogP contribution in [0.5, 0.6) is 0 Å². The van der Waals surface area contributed by atoms with Crippen molar-refractivity contribution in [1.82, 2.24) is 10.2 Å². The third kappa shape index (κ3) is 4.09. The lowest BCUT2D eigenvalue weighted by Crippen LogP contribution is -2.14. The van der Waals surface area contributed by atoms with Gasteiger partial charge in [-0.05, 0) is 50.6 Å². The van der Waals surface area contributed by atoms with Gasteiger partial charge in [0.1, 0.15) is 10.8 Å². The fourth-order valence-electron chi connectivity index (χ4n) is 2.50. The van der Waals surface area contributed by atoms with Gasteiger partial charge in [-0.3, -0.25) is 4.79 Å². The van der Waals surface area contributed by atoms with Gasteiger partial charge < -0.3 is 14.5 Å². The van der Waals surface area contributed by atoms with Crippen molar-refractivity contribution in [3.8, 4) is 11.5 Å². The molecule has 3 aromatic rings. The van der Waals surface area contributed by atoms with Crippen molar-refractivity contribution < 1.29 is 23.1 Å². The Labute approximate surface area is 164 Å². The normalized spacial score (nSPS) is 11.9. The molecule has 9 heteroatoms. The number of nitrogens with one attached hydrogen (secondary N) is 1. The highest BCUT2D eigenvalue weighted by Crippen LogP contribution is 2.34. The highest BCUT2D eigenvalue weighted by atomic mass is 32.1. The molecule has 0 unspecified atom stereocenters. The van der Waals surface area contributed by atoms with Crippen LogP contribution in [0.25, 0.3) is 11.5 Å². The molecule has 2 aromatic heterocycles. The first-order valence-corrected chi connectivity index (χ1v) is 9.25. The molecule has 146 valence electrons. The van der Waals surface area contributed by atoms with Crippen LogP contribution in [-0.2, 0) is 9.53 Å². The average Bonchev–Trinajstić information content (AvgIpc) is 3.21. The summed E-state index contributed by atoms with van der Waals surface area (Å²) in [5, 5.41) is 10.9. The standard InChI is InChI=1S/C19H18FN3O4S/c1-9-11(3)28-18(21-12(4)24)15(9)19(25)26-10(2)16-22-23-17(27-16)13-5-7-14(20)8-6-13/h5-8,10H,1-4H3,(H,21,24)/t10-/m1/s1. The Morgan fingerprint density at radius 1 is 1.21 bits per heavy atom. The van der Waals surface area contributed by atoms with E-state index in [9.17, 15) is 14.0 Å². The third-order valence-corrected chi connectivity index (χ3v) is 5.17. The monoisotopic (exact) mass is 403 g/mol. The smallest absolute Gasteiger partial charge is 0.342 e. The number of carbonyl (C=O) groups excluding carboxylic acids is 2. The van der Waals surface area contributed by atoms with Crippen LogP contribution in [0.1, 0.15) is 46.6 Å². The lowest BCUT2D eigenvalue weighted by Gasteiger charge is -2.11. The molecule has 7 nitrogen and oxygen atoms in total. The Morgan fingerprint density at radius 3 is 2.54 bits per heavy atom. The number of anilines is 1. The van der Waals surface area contributed by atoms with Gasteiger partial charge in [0.2, 0.25) is 11.8 Å². The molecule has 28 heavy (non-hydrogen) atoms. The molecule has 1 amide bonds. The van der Waals surface area contributed by atoms with E-state index in [4.69, 9.17) is 9.15 Å². The molecule has 0 spiro atoms. The van der Waals surface area contributed by atoms with Crippen LogP contribution < -0.4 is 5.32 Å². The summed E-state index contributed by atoms with van der Waals surface area (Å²) in [5.74, 6) is -0.941. The Bertz CT molecular complexity index is 1030. The largest absolute Gasteiger partial charge is 0.449 e. The van der Waals surface area contributed by atoms with Crippen LogP contribution in [-0.4, -0.2) is 22.1 Å². The molecule has 0 aliphatic heterocycles. The number of ether oxygens (including phenoxy) is 1. The zero-order valence-corrected chi connectivity index (χ0v) is 16.5. The van der Waals surface area contributed by atoms with Crippen LogP contribution in [0.3, 0.4) is 0 Å². The first-order chi connectivity index (χ1) is 13.3. The number of nitrogens with zero attached hydrogens (tertiary/aromatic N) is 2. The highest BCUT2D eigenvalue weighted by molar-refractivity contribution is 7.16. The summed E-state index contributed by atoms with van der Waals surface area (Å²) in [7, 11) is 0. The summed E-state index contributed by atoms with van der Waals surface area (Å²) in [6, 6.07) is 5.60. The molecule has 1 N–H and O–H groups in total. The number of halogens is 1. The molecule has 0 aliphatic rings. The number of esters is 1. The molecule has 1 atom stereocenters. The summed E-state index contributed by atoms with van der Waals surface area (Å²) in [5.41, 5.74) is 1.60. The van der Waals surface area contributed by atoms with E-state index in [2.05, 4.69) is 15.5 Å². The zero-order valence-electron chi connectivity index (χ0n) is 15.7. The second kappa shape index (κ2) is 7.89. The van der Waals surface area contributed by atoms with Crippen molar-refractivity contribution in [3.63, 3.8) is 0 Å². The minimum Gasteiger partial charge on any atom is -0.449 e. The summed E-state index contributed by atoms with van der Waals surface area (Å²) < 4.78 is 24.1. The molecule has 0 fully saturated rings. The second-order valence-electron chi connectivity index (χ2n) is 6.17. The molecule has 0 saturated carbocycles. The van der Waals surface area contributed by atoms with E-state index in [1.807, 2.05) is 6.92 Å². The Balaban J connectivity index is 1.78. The van der Waals surface area contributed by atoms with Gasteiger partial charge in [0.25, 0.3) is 5.89 Å². The van der Waals surface area contributed by atoms with Crippen molar-refractivity contribution >= 4 is 28.2 Å². The number of thiophene rings is 1. The quantitative estimate of drug-likeness (QED) is 0.633. The molecule has 2 heterocycles. The molecular formula is C19H18FN3O4S. The Hall–Kier alpha value is -3.07. The van der Waals surface area contributed by atoms with Gasteiger partial charge >= 0.3 is 5.97 Å². The summed E-state index contributed by atoms with van der Waals surface area (Å²) in [4.78, 5) is 25.0. The van der Waals surface area contributed by atoms with Gasteiger partial charge in [0, 0.05) is 17.4 Å². The zero-order chi connectivity index (χ0) is 20.4. The topological polar surface area (TPSA) is 94.3 Å². The number of aryl methyl sites for hydroxylation is 1. The van der Waals surface area contributed by atoms with Gasteiger partial charge in [-0.1, -0.05) is 0 Å². The van der Waals surface area contributed by atoms with E-state index in [0.717, 1.165) is 10.4 Å². The van der Waals surface area contributed by atoms with Crippen molar-refractivity contribution in [2.75, 3.05) is 5.32 Å². The van der Waals surface area contributed by atoms with Crippen LogP contribution in [0.15, 0.2) is 28.7 Å². The Kier molecular flexibility index (Phi) is 5.55. The number of hydrogen-bond donors (Lipinski definition) is 1. The van der Waals surface area contributed by atoms with Crippen molar-refractivity contribution in [1.29, 1.82) is 0 Å². The van der Waals surface area contributed by atoms with Gasteiger partial charge in [-0.15, -0.1) is 21.5 Å². The van der Waals surface area contributed by atoms with Crippen LogP contribution in [0.2, 0.25) is 0 Å². The number of rotatable bonds is 5. The van der Waals surface area contributed by atoms with E-state index in [1.165, 1.54) is 42.5 Å². The lowest BCUT2D eigenvalue weighted by molar-refractivity contribution is -0.114. The van der Waals surface area contributed by atoms with Crippen LogP contribution in [0.4, 0.5) is 9.39 Å². The van der Waals surface area contributed by atoms with Crippen molar-refractivity contribution in [2.24, 2.45) is 0 Å². The molecular weight excluding hydrogens is 385 g/mol. The molecule has 3 rings (SSSR count). The maximum Gasteiger partial charge on any atom is 0.342 e. The van der Waals surface area contributed by atoms with E-state index >= 15 is 0 Å². The summed E-state index contributed by atoms with van der Waals surface area (Å²) in [6.07, 6.45) is -0.806. The SMILES string of the molecule is CC(=O)Nc1sc(C)c(C)c1C(=O)O[C@H](C)c1nnc(-c2ccc(F)cc2)o1.